The summed E-state index contributed by atoms with van der Waals surface area (Å²) in [6, 6.07) is 0. The van der Waals surface area contributed by atoms with Gasteiger partial charge in [0.15, 0.2) is 0 Å². The van der Waals surface area contributed by atoms with Crippen LogP contribution in [-0.2, 0) is 4.79 Å². The van der Waals surface area contributed by atoms with Crippen LogP contribution in [0.4, 0.5) is 0 Å². The van der Waals surface area contributed by atoms with Crippen LogP contribution in [0.25, 0.3) is 0 Å². The molecule has 0 saturated heterocycles. The molecule has 1 amide bonds. The van der Waals surface area contributed by atoms with Crippen molar-refractivity contribution in [1.82, 2.24) is 10.9 Å². The number of nitrogens with one attached hydrogen (secondary N) is 1. The molecule has 0 aromatic rings. The van der Waals surface area contributed by atoms with Gasteiger partial charge in [-0.15, -0.1) is 5.43 Å². The molecule has 0 aliphatic heterocycles. The lowest BCUT2D eigenvalue weighted by Crippen LogP contribution is -2.30. The Balaban J connectivity index is 2.99. The lowest BCUT2D eigenvalue weighted by Gasteiger charge is -1.96. The molecule has 0 saturated carbocycles. The summed E-state index contributed by atoms with van der Waals surface area (Å²) in [7, 11) is 0. The maximum absolute atomic E-state index is 10.4. The third-order valence-corrected chi connectivity index (χ3v) is 0.683. The first-order valence-electron chi connectivity index (χ1n) is 2.76. The molecular weight excluding hydrogens is 104 g/mol. The van der Waals surface area contributed by atoms with Gasteiger partial charge in [-0.1, -0.05) is 6.92 Å². The van der Waals surface area contributed by atoms with Crippen LogP contribution in [0.15, 0.2) is 0 Å². The van der Waals surface area contributed by atoms with E-state index in [1.807, 2.05) is 6.92 Å². The van der Waals surface area contributed by atoms with Crippen LogP contribution in [0.1, 0.15) is 20.3 Å². The highest BCUT2D eigenvalue weighted by atomic mass is 16.2. The highest BCUT2D eigenvalue weighted by Crippen LogP contribution is 1.70. The molecule has 0 rings (SSSR count). The minimum Gasteiger partial charge on any atom is -0.274 e. The summed E-state index contributed by atoms with van der Waals surface area (Å²) in [6.07, 6.45) is 0.503. The number of hydrogen-bond donors (Lipinski definition) is 1. The first-order valence-corrected chi connectivity index (χ1v) is 2.76. The first-order chi connectivity index (χ1) is 3.81. The zero-order valence-corrected chi connectivity index (χ0v) is 5.27. The van der Waals surface area contributed by atoms with E-state index < -0.39 is 0 Å². The summed E-state index contributed by atoms with van der Waals surface area (Å²) in [4.78, 5) is 10.4. The molecule has 0 aliphatic rings. The SMILES string of the molecule is CC[N]NC(=O)CC. The van der Waals surface area contributed by atoms with Gasteiger partial charge in [-0.3, -0.25) is 10.2 Å². The van der Waals surface area contributed by atoms with Gasteiger partial charge in [-0.2, -0.15) is 0 Å². The fourth-order valence-electron chi connectivity index (χ4n) is 0.246. The van der Waals surface area contributed by atoms with Crippen LogP contribution in [0, 0.1) is 0 Å². The smallest absolute Gasteiger partial charge is 0.235 e. The van der Waals surface area contributed by atoms with Crippen molar-refractivity contribution >= 4 is 5.91 Å². The van der Waals surface area contributed by atoms with E-state index >= 15 is 0 Å². The third kappa shape index (κ3) is 3.61. The standard InChI is InChI=1S/C5H11N2O/c1-3-5(8)7-6-4-2/h3-4H2,1-2H3,(H,7,8). The normalized spacial score (nSPS) is 8.75. The molecule has 0 aliphatic carbocycles. The van der Waals surface area contributed by atoms with Crippen molar-refractivity contribution in [3.63, 3.8) is 0 Å². The van der Waals surface area contributed by atoms with E-state index in [0.29, 0.717) is 13.0 Å². The van der Waals surface area contributed by atoms with Crippen molar-refractivity contribution in [1.29, 1.82) is 0 Å². The Morgan fingerprint density at radius 2 is 2.25 bits per heavy atom. The molecule has 0 atom stereocenters. The Morgan fingerprint density at radius 3 is 2.62 bits per heavy atom. The average Bonchev–Trinajstić information content (AvgIpc) is 1.83. The second kappa shape index (κ2) is 4.59. The van der Waals surface area contributed by atoms with Crippen molar-refractivity contribution < 1.29 is 4.79 Å². The number of nitrogens with zero attached hydrogens (tertiary/aromatic N) is 1. The maximum atomic E-state index is 10.4. The summed E-state index contributed by atoms with van der Waals surface area (Å²) < 4.78 is 0. The largest absolute Gasteiger partial charge is 0.274 e. The Hall–Kier alpha value is -0.570. The lowest BCUT2D eigenvalue weighted by molar-refractivity contribution is -0.121. The quantitative estimate of drug-likeness (QED) is 0.519. The number of carbonyl (C=O) groups is 1. The van der Waals surface area contributed by atoms with Crippen molar-refractivity contribution in [2.45, 2.75) is 20.3 Å². The van der Waals surface area contributed by atoms with E-state index in [0.717, 1.165) is 0 Å². The predicted molar refractivity (Wildman–Crippen MR) is 31.1 cm³/mol. The highest BCUT2D eigenvalue weighted by molar-refractivity contribution is 5.74. The van der Waals surface area contributed by atoms with Gasteiger partial charge >= 0.3 is 0 Å². The molecule has 0 spiro atoms. The molecule has 0 heterocycles. The number of amides is 1. The number of carbonyl (C=O) groups excluding carboxylic acids is 1. The number of hydrogen-bond acceptors (Lipinski definition) is 1. The van der Waals surface area contributed by atoms with E-state index in [1.165, 1.54) is 0 Å². The van der Waals surface area contributed by atoms with Crippen molar-refractivity contribution in [2.24, 2.45) is 0 Å². The van der Waals surface area contributed by atoms with Crippen LogP contribution in [-0.4, -0.2) is 12.5 Å². The molecule has 8 heavy (non-hydrogen) atoms. The van der Waals surface area contributed by atoms with Gasteiger partial charge in [0, 0.05) is 13.0 Å². The third-order valence-electron chi connectivity index (χ3n) is 0.683. The van der Waals surface area contributed by atoms with Crippen LogP contribution in [0.5, 0.6) is 0 Å². The Kier molecular flexibility index (Phi) is 4.26. The van der Waals surface area contributed by atoms with E-state index in [-0.39, 0.29) is 5.91 Å². The Bertz CT molecular complexity index is 72.8. The summed E-state index contributed by atoms with van der Waals surface area (Å²) in [5, 5.41) is 0. The van der Waals surface area contributed by atoms with Gasteiger partial charge < -0.3 is 0 Å². The molecule has 0 aromatic heterocycles. The van der Waals surface area contributed by atoms with Gasteiger partial charge in [0.05, 0.1) is 0 Å². The Labute approximate surface area is 49.4 Å². The zero-order valence-electron chi connectivity index (χ0n) is 5.27. The lowest BCUT2D eigenvalue weighted by atomic mass is 10.5. The average molecular weight is 115 g/mol. The van der Waals surface area contributed by atoms with Crippen molar-refractivity contribution in [2.75, 3.05) is 6.54 Å². The van der Waals surface area contributed by atoms with E-state index in [1.54, 1.807) is 6.92 Å². The fourth-order valence-corrected chi connectivity index (χ4v) is 0.246. The highest BCUT2D eigenvalue weighted by Gasteiger charge is 1.91. The molecule has 47 valence electrons. The van der Waals surface area contributed by atoms with Gasteiger partial charge in [0.1, 0.15) is 0 Å². The van der Waals surface area contributed by atoms with Crippen molar-refractivity contribution in [3.05, 3.63) is 0 Å². The first kappa shape index (κ1) is 7.43. The molecular formula is C5H11N2O. The second-order valence-corrected chi connectivity index (χ2v) is 1.36. The molecule has 1 radical (unpaired) electrons. The topological polar surface area (TPSA) is 43.2 Å². The molecule has 0 bridgehead atoms. The van der Waals surface area contributed by atoms with Crippen LogP contribution in [0.3, 0.4) is 0 Å². The van der Waals surface area contributed by atoms with Crippen LogP contribution < -0.4 is 10.9 Å². The van der Waals surface area contributed by atoms with E-state index in [4.69, 9.17) is 0 Å². The van der Waals surface area contributed by atoms with Gasteiger partial charge in [-0.05, 0) is 6.92 Å². The van der Waals surface area contributed by atoms with Crippen LogP contribution in [0.2, 0.25) is 0 Å². The van der Waals surface area contributed by atoms with Gasteiger partial charge in [0.25, 0.3) is 0 Å². The fraction of sp³-hybridized carbons (Fsp3) is 0.800. The van der Waals surface area contributed by atoms with Gasteiger partial charge in [0.2, 0.25) is 5.91 Å². The molecule has 0 fully saturated rings. The maximum Gasteiger partial charge on any atom is 0.235 e. The molecule has 0 unspecified atom stereocenters. The summed E-state index contributed by atoms with van der Waals surface area (Å²) in [5.41, 5.74) is 6.01. The summed E-state index contributed by atoms with van der Waals surface area (Å²) >= 11 is 0. The minimum atomic E-state index is -0.0214. The minimum absolute atomic E-state index is 0.0214. The second-order valence-electron chi connectivity index (χ2n) is 1.36. The Morgan fingerprint density at radius 1 is 1.62 bits per heavy atom. The molecule has 3 nitrogen and oxygen atoms in total. The van der Waals surface area contributed by atoms with Gasteiger partial charge in [-0.25, -0.2) is 0 Å². The molecule has 3 heteroatoms. The van der Waals surface area contributed by atoms with E-state index in [9.17, 15) is 4.79 Å². The number of rotatable bonds is 3. The van der Waals surface area contributed by atoms with Crippen LogP contribution >= 0.6 is 0 Å². The van der Waals surface area contributed by atoms with Crippen molar-refractivity contribution in [3.8, 4) is 0 Å². The molecule has 1 N–H and O–H groups in total. The predicted octanol–water partition coefficient (Wildman–Crippen LogP) is 0.0519. The monoisotopic (exact) mass is 115 g/mol. The summed E-state index contributed by atoms with van der Waals surface area (Å²) in [6.45, 7) is 4.31. The molecule has 0 aromatic carbocycles. The van der Waals surface area contributed by atoms with E-state index in [2.05, 4.69) is 10.9 Å². The summed E-state index contributed by atoms with van der Waals surface area (Å²) in [5.74, 6) is -0.0214. The zero-order chi connectivity index (χ0) is 6.41.